The highest BCUT2D eigenvalue weighted by atomic mass is 32.2. The summed E-state index contributed by atoms with van der Waals surface area (Å²) in [6.45, 7) is 1.79. The molecule has 0 bridgehead atoms. The predicted octanol–water partition coefficient (Wildman–Crippen LogP) is 3.44. The number of anilines is 1. The number of hydrogen-bond donors (Lipinski definition) is 2. The van der Waals surface area contributed by atoms with Crippen molar-refractivity contribution in [3.05, 3.63) is 59.5 Å². The summed E-state index contributed by atoms with van der Waals surface area (Å²) in [7, 11) is 1.29. The van der Waals surface area contributed by atoms with Gasteiger partial charge in [0.05, 0.1) is 18.5 Å². The highest BCUT2D eigenvalue weighted by molar-refractivity contribution is 7.98. The smallest absolute Gasteiger partial charge is 0.341 e. The molecule has 2 rings (SSSR count). The van der Waals surface area contributed by atoms with Crippen LogP contribution < -0.4 is 10.6 Å². The number of carbonyl (C=O) groups excluding carboxylic acids is 1. The van der Waals surface area contributed by atoms with E-state index in [1.54, 1.807) is 43.6 Å². The molecule has 0 atom stereocenters. The number of thioether (sulfide) groups is 1. The van der Waals surface area contributed by atoms with Gasteiger partial charge in [0.1, 0.15) is 17.2 Å². The Bertz CT molecular complexity index is 754. The van der Waals surface area contributed by atoms with Gasteiger partial charge >= 0.3 is 5.97 Å². The van der Waals surface area contributed by atoms with Gasteiger partial charge in [-0.3, -0.25) is 4.99 Å². The van der Waals surface area contributed by atoms with Crippen molar-refractivity contribution in [1.29, 1.82) is 0 Å². The lowest BCUT2D eigenvalue weighted by Gasteiger charge is -2.20. The molecule has 0 fully saturated rings. The first-order chi connectivity index (χ1) is 11.6. The molecule has 5 nitrogen and oxygen atoms in total. The number of carbonyl (C=O) groups is 1. The van der Waals surface area contributed by atoms with Gasteiger partial charge in [0.2, 0.25) is 0 Å². The van der Waals surface area contributed by atoms with E-state index in [1.807, 2.05) is 6.26 Å². The average molecular weight is 347 g/mol. The van der Waals surface area contributed by atoms with Gasteiger partial charge in [-0.2, -0.15) is 0 Å². The molecule has 7 heteroatoms. The number of nitrogens with one attached hydrogen (secondary N) is 2. The van der Waals surface area contributed by atoms with E-state index in [1.165, 1.54) is 24.9 Å². The number of allylic oxidation sites excluding steroid dienone is 1. The van der Waals surface area contributed by atoms with Crippen molar-refractivity contribution >= 4 is 29.6 Å². The third-order valence-electron chi connectivity index (χ3n) is 3.17. The van der Waals surface area contributed by atoms with Gasteiger partial charge in [-0.05, 0) is 43.5 Å². The molecular formula is C17H18FN3O2S. The van der Waals surface area contributed by atoms with E-state index in [2.05, 4.69) is 15.6 Å². The number of methoxy groups -OCH3 is 1. The molecule has 0 saturated carbocycles. The third kappa shape index (κ3) is 4.26. The molecule has 1 aromatic rings. The zero-order valence-electron chi connectivity index (χ0n) is 13.6. The second-order valence-corrected chi connectivity index (χ2v) is 5.58. The fourth-order valence-electron chi connectivity index (χ4n) is 1.98. The maximum atomic E-state index is 14.2. The zero-order chi connectivity index (χ0) is 17.5. The molecule has 0 amide bonds. The van der Waals surface area contributed by atoms with Gasteiger partial charge < -0.3 is 15.4 Å². The first-order valence-electron chi connectivity index (χ1n) is 7.15. The molecule has 0 aliphatic carbocycles. The standard InChI is InChI=1S/C17H18FN3O2S/c1-4-19-10-11-5-7-13(17(22)23-2)16(20-11)21-15-8-6-12(24-3)9-14(15)18/h4-10,20-21H,1-3H3/b11-10-,19-4-. The van der Waals surface area contributed by atoms with Crippen molar-refractivity contribution in [2.75, 3.05) is 18.7 Å². The summed E-state index contributed by atoms with van der Waals surface area (Å²) < 4.78 is 19.0. The van der Waals surface area contributed by atoms with Gasteiger partial charge in [0.15, 0.2) is 0 Å². The van der Waals surface area contributed by atoms with Crippen molar-refractivity contribution in [2.24, 2.45) is 4.99 Å². The number of halogens is 1. The largest absolute Gasteiger partial charge is 0.465 e. The number of nitrogens with zero attached hydrogens (tertiary/aromatic N) is 1. The lowest BCUT2D eigenvalue weighted by atomic mass is 10.1. The van der Waals surface area contributed by atoms with E-state index in [4.69, 9.17) is 4.74 Å². The van der Waals surface area contributed by atoms with E-state index in [0.29, 0.717) is 11.5 Å². The number of dihydropyridines is 1. The van der Waals surface area contributed by atoms with Crippen LogP contribution in [0, 0.1) is 5.82 Å². The number of benzene rings is 1. The summed E-state index contributed by atoms with van der Waals surface area (Å²) in [5, 5.41) is 5.93. The minimum Gasteiger partial charge on any atom is -0.465 e. The Morgan fingerprint density at radius 2 is 2.21 bits per heavy atom. The van der Waals surface area contributed by atoms with Gasteiger partial charge in [-0.15, -0.1) is 11.8 Å². The van der Waals surface area contributed by atoms with Crippen LogP contribution in [-0.2, 0) is 9.53 Å². The van der Waals surface area contributed by atoms with Crippen LogP contribution in [0.3, 0.4) is 0 Å². The highest BCUT2D eigenvalue weighted by Gasteiger charge is 2.19. The second kappa shape index (κ2) is 8.35. The van der Waals surface area contributed by atoms with Gasteiger partial charge in [-0.25, -0.2) is 9.18 Å². The Morgan fingerprint density at radius 1 is 1.42 bits per heavy atom. The van der Waals surface area contributed by atoms with Crippen molar-refractivity contribution in [1.82, 2.24) is 5.32 Å². The SMILES string of the molecule is C/C=N\C=C1\C=CC(C(=O)OC)=C(Nc2ccc(SC)cc2F)N1. The third-order valence-corrected chi connectivity index (χ3v) is 3.90. The van der Waals surface area contributed by atoms with Gasteiger partial charge in [0.25, 0.3) is 0 Å². The Kier molecular flexibility index (Phi) is 6.20. The molecular weight excluding hydrogens is 329 g/mol. The zero-order valence-corrected chi connectivity index (χ0v) is 14.4. The van der Waals surface area contributed by atoms with Crippen molar-refractivity contribution in [3.63, 3.8) is 0 Å². The van der Waals surface area contributed by atoms with Gasteiger partial charge in [-0.1, -0.05) is 0 Å². The minimum atomic E-state index is -0.527. The summed E-state index contributed by atoms with van der Waals surface area (Å²) in [6, 6.07) is 4.85. The molecule has 1 heterocycles. The van der Waals surface area contributed by atoms with E-state index in [9.17, 15) is 9.18 Å². The first kappa shape index (κ1) is 17.8. The summed E-state index contributed by atoms with van der Waals surface area (Å²) in [5.74, 6) is -0.606. The summed E-state index contributed by atoms with van der Waals surface area (Å²) in [4.78, 5) is 16.8. The Balaban J connectivity index is 2.35. The fourth-order valence-corrected chi connectivity index (χ4v) is 2.40. The number of rotatable bonds is 5. The van der Waals surface area contributed by atoms with Crippen LogP contribution in [0.1, 0.15) is 6.92 Å². The summed E-state index contributed by atoms with van der Waals surface area (Å²) >= 11 is 1.45. The van der Waals surface area contributed by atoms with Crippen LogP contribution in [0.5, 0.6) is 0 Å². The molecule has 0 spiro atoms. The summed E-state index contributed by atoms with van der Waals surface area (Å²) in [6.07, 6.45) is 8.39. The number of esters is 1. The molecule has 0 unspecified atom stereocenters. The maximum Gasteiger partial charge on any atom is 0.341 e. The molecule has 126 valence electrons. The molecule has 0 radical (unpaired) electrons. The Labute approximate surface area is 144 Å². The number of ether oxygens (including phenoxy) is 1. The Morgan fingerprint density at radius 3 is 2.83 bits per heavy atom. The fraction of sp³-hybridized carbons (Fsp3) is 0.176. The molecule has 24 heavy (non-hydrogen) atoms. The number of hydrogen-bond acceptors (Lipinski definition) is 6. The average Bonchev–Trinajstić information content (AvgIpc) is 2.61. The van der Waals surface area contributed by atoms with E-state index in [-0.39, 0.29) is 11.3 Å². The van der Waals surface area contributed by atoms with Crippen LogP contribution in [0.2, 0.25) is 0 Å². The van der Waals surface area contributed by atoms with Crippen molar-refractivity contribution < 1.29 is 13.9 Å². The van der Waals surface area contributed by atoms with E-state index < -0.39 is 11.8 Å². The molecule has 2 N–H and O–H groups in total. The number of aliphatic imine (C=N–C) groups is 1. The monoisotopic (exact) mass is 347 g/mol. The molecule has 0 aromatic heterocycles. The quantitative estimate of drug-likeness (QED) is 0.485. The lowest BCUT2D eigenvalue weighted by Crippen LogP contribution is -2.26. The van der Waals surface area contributed by atoms with Crippen LogP contribution in [0.4, 0.5) is 10.1 Å². The second-order valence-electron chi connectivity index (χ2n) is 4.70. The van der Waals surface area contributed by atoms with Crippen molar-refractivity contribution in [2.45, 2.75) is 11.8 Å². The predicted molar refractivity (Wildman–Crippen MR) is 95.4 cm³/mol. The van der Waals surface area contributed by atoms with Crippen LogP contribution >= 0.6 is 11.8 Å². The Hall–Kier alpha value is -2.54. The maximum absolute atomic E-state index is 14.2. The van der Waals surface area contributed by atoms with Crippen LogP contribution in [-0.4, -0.2) is 25.5 Å². The molecule has 1 aromatic carbocycles. The van der Waals surface area contributed by atoms with Crippen LogP contribution in [0.25, 0.3) is 0 Å². The molecule has 1 aliphatic heterocycles. The topological polar surface area (TPSA) is 62.7 Å². The highest BCUT2D eigenvalue weighted by Crippen LogP contribution is 2.24. The first-order valence-corrected chi connectivity index (χ1v) is 8.37. The van der Waals surface area contributed by atoms with Crippen molar-refractivity contribution in [3.8, 4) is 0 Å². The normalized spacial score (nSPS) is 15.8. The van der Waals surface area contributed by atoms with E-state index >= 15 is 0 Å². The van der Waals surface area contributed by atoms with Gasteiger partial charge in [0, 0.05) is 17.3 Å². The summed E-state index contributed by atoms with van der Waals surface area (Å²) in [5.41, 5.74) is 1.18. The minimum absolute atomic E-state index is 0.255. The molecule has 0 saturated heterocycles. The molecule has 1 aliphatic rings. The lowest BCUT2D eigenvalue weighted by molar-refractivity contribution is -0.135. The van der Waals surface area contributed by atoms with Crippen LogP contribution in [0.15, 0.2) is 63.5 Å². The van der Waals surface area contributed by atoms with E-state index in [0.717, 1.165) is 4.90 Å².